The molecule has 2 aliphatic rings. The summed E-state index contributed by atoms with van der Waals surface area (Å²) in [5, 5.41) is 0. The molecule has 2 heterocycles. The molecule has 0 bridgehead atoms. The van der Waals surface area contributed by atoms with Crippen LogP contribution in [0.3, 0.4) is 0 Å². The fraction of sp³-hybridized carbons (Fsp3) is 0.571. The summed E-state index contributed by atoms with van der Waals surface area (Å²) in [4.78, 5) is 2.25. The number of sulfonamides is 1. The third-order valence-electron chi connectivity index (χ3n) is 4.00. The first kappa shape index (κ1) is 15.8. The van der Waals surface area contributed by atoms with Crippen LogP contribution in [0, 0.1) is 5.82 Å². The number of benzene rings is 1. The molecule has 122 valence electrons. The van der Waals surface area contributed by atoms with E-state index < -0.39 is 15.8 Å². The van der Waals surface area contributed by atoms with Crippen LogP contribution in [0.5, 0.6) is 0 Å². The second-order valence-electron chi connectivity index (χ2n) is 5.43. The fourth-order valence-corrected chi connectivity index (χ4v) is 4.06. The van der Waals surface area contributed by atoms with E-state index in [0.717, 1.165) is 25.2 Å². The first-order chi connectivity index (χ1) is 10.6. The van der Waals surface area contributed by atoms with Crippen molar-refractivity contribution in [1.29, 1.82) is 0 Å². The number of halogens is 1. The number of hydrogen-bond donors (Lipinski definition) is 1. The minimum absolute atomic E-state index is 0.000812. The standard InChI is InChI=1S/C14H19FN2O4S/c15-11-1-3-12(4-2-11)22(18,19)16-13-9-21-10-14(13)17-5-7-20-8-6-17/h1-4,13-14,16H,5-10H2. The van der Waals surface area contributed by atoms with Gasteiger partial charge in [0.15, 0.2) is 0 Å². The van der Waals surface area contributed by atoms with E-state index in [1.54, 1.807) is 0 Å². The van der Waals surface area contributed by atoms with Crippen molar-refractivity contribution in [3.8, 4) is 0 Å². The largest absolute Gasteiger partial charge is 0.379 e. The molecule has 2 unspecified atom stereocenters. The zero-order valence-electron chi connectivity index (χ0n) is 12.1. The topological polar surface area (TPSA) is 67.9 Å². The molecule has 2 aliphatic heterocycles. The Balaban J connectivity index is 1.71. The minimum Gasteiger partial charge on any atom is -0.379 e. The van der Waals surface area contributed by atoms with E-state index in [0.29, 0.717) is 26.4 Å². The summed E-state index contributed by atoms with van der Waals surface area (Å²) in [6, 6.07) is 4.49. The molecule has 0 aromatic heterocycles. The number of ether oxygens (including phenoxy) is 2. The molecule has 2 atom stereocenters. The molecule has 0 amide bonds. The van der Waals surface area contributed by atoms with Gasteiger partial charge in [-0.2, -0.15) is 0 Å². The molecule has 6 nitrogen and oxygen atoms in total. The van der Waals surface area contributed by atoms with E-state index in [9.17, 15) is 12.8 Å². The van der Waals surface area contributed by atoms with Crippen LogP contribution in [0.15, 0.2) is 29.2 Å². The van der Waals surface area contributed by atoms with Crippen molar-refractivity contribution < 1.29 is 22.3 Å². The lowest BCUT2D eigenvalue weighted by Crippen LogP contribution is -2.54. The molecule has 0 radical (unpaired) electrons. The van der Waals surface area contributed by atoms with Gasteiger partial charge in [-0.05, 0) is 24.3 Å². The highest BCUT2D eigenvalue weighted by Crippen LogP contribution is 2.18. The summed E-state index contributed by atoms with van der Waals surface area (Å²) in [5.74, 6) is -0.464. The second kappa shape index (κ2) is 6.59. The minimum atomic E-state index is -3.69. The molecule has 2 fully saturated rings. The summed E-state index contributed by atoms with van der Waals surface area (Å²) in [7, 11) is -3.69. The second-order valence-corrected chi connectivity index (χ2v) is 7.15. The average molecular weight is 330 g/mol. The van der Waals surface area contributed by atoms with E-state index in [2.05, 4.69) is 9.62 Å². The molecule has 2 saturated heterocycles. The van der Waals surface area contributed by atoms with Gasteiger partial charge < -0.3 is 9.47 Å². The van der Waals surface area contributed by atoms with E-state index in [-0.39, 0.29) is 17.0 Å². The molecule has 3 rings (SSSR count). The van der Waals surface area contributed by atoms with Gasteiger partial charge >= 0.3 is 0 Å². The van der Waals surface area contributed by atoms with Crippen molar-refractivity contribution in [2.45, 2.75) is 17.0 Å². The summed E-state index contributed by atoms with van der Waals surface area (Å²) in [5.41, 5.74) is 0. The van der Waals surface area contributed by atoms with Crippen LogP contribution in [0.4, 0.5) is 4.39 Å². The lowest BCUT2D eigenvalue weighted by Gasteiger charge is -2.34. The number of morpholine rings is 1. The Morgan fingerprint density at radius 1 is 1.09 bits per heavy atom. The van der Waals surface area contributed by atoms with Gasteiger partial charge in [0.05, 0.1) is 43.4 Å². The molecule has 0 spiro atoms. The van der Waals surface area contributed by atoms with E-state index >= 15 is 0 Å². The highest BCUT2D eigenvalue weighted by atomic mass is 32.2. The molecule has 22 heavy (non-hydrogen) atoms. The Bertz CT molecular complexity index is 602. The maximum absolute atomic E-state index is 12.9. The van der Waals surface area contributed by atoms with Crippen molar-refractivity contribution in [2.75, 3.05) is 39.5 Å². The van der Waals surface area contributed by atoms with Crippen molar-refractivity contribution in [1.82, 2.24) is 9.62 Å². The van der Waals surface area contributed by atoms with Gasteiger partial charge in [-0.1, -0.05) is 0 Å². The Morgan fingerprint density at radius 2 is 1.77 bits per heavy atom. The molecular weight excluding hydrogens is 311 g/mol. The smallest absolute Gasteiger partial charge is 0.240 e. The number of rotatable bonds is 4. The lowest BCUT2D eigenvalue weighted by atomic mass is 10.1. The van der Waals surface area contributed by atoms with E-state index in [1.807, 2.05) is 0 Å². The van der Waals surface area contributed by atoms with Crippen molar-refractivity contribution in [3.63, 3.8) is 0 Å². The van der Waals surface area contributed by atoms with Crippen LogP contribution in [-0.2, 0) is 19.5 Å². The van der Waals surface area contributed by atoms with Crippen LogP contribution in [0.25, 0.3) is 0 Å². The lowest BCUT2D eigenvalue weighted by molar-refractivity contribution is 0.0117. The first-order valence-corrected chi connectivity index (χ1v) is 8.72. The van der Waals surface area contributed by atoms with Crippen molar-refractivity contribution in [3.05, 3.63) is 30.1 Å². The monoisotopic (exact) mass is 330 g/mol. The van der Waals surface area contributed by atoms with E-state index in [1.165, 1.54) is 12.1 Å². The number of nitrogens with one attached hydrogen (secondary N) is 1. The van der Waals surface area contributed by atoms with Crippen molar-refractivity contribution in [2.24, 2.45) is 0 Å². The summed E-state index contributed by atoms with van der Waals surface area (Å²) in [6.07, 6.45) is 0. The van der Waals surface area contributed by atoms with Gasteiger partial charge in [-0.3, -0.25) is 4.90 Å². The zero-order valence-corrected chi connectivity index (χ0v) is 12.9. The quantitative estimate of drug-likeness (QED) is 0.854. The van der Waals surface area contributed by atoms with Gasteiger partial charge in [0.1, 0.15) is 5.82 Å². The number of nitrogens with zero attached hydrogens (tertiary/aromatic N) is 1. The third-order valence-corrected chi connectivity index (χ3v) is 5.50. The Hall–Kier alpha value is -1.06. The molecule has 1 aromatic carbocycles. The van der Waals surface area contributed by atoms with Gasteiger partial charge in [-0.15, -0.1) is 0 Å². The van der Waals surface area contributed by atoms with Crippen LogP contribution in [0.1, 0.15) is 0 Å². The Kier molecular flexibility index (Phi) is 4.74. The first-order valence-electron chi connectivity index (χ1n) is 7.24. The normalized spacial score (nSPS) is 27.1. The predicted molar refractivity (Wildman–Crippen MR) is 77.5 cm³/mol. The summed E-state index contributed by atoms with van der Waals surface area (Å²) in [6.45, 7) is 3.66. The molecule has 0 saturated carbocycles. The van der Waals surface area contributed by atoms with Gasteiger partial charge in [-0.25, -0.2) is 17.5 Å². The van der Waals surface area contributed by atoms with Crippen LogP contribution < -0.4 is 4.72 Å². The Labute approximate surface area is 129 Å². The third kappa shape index (κ3) is 3.47. The summed E-state index contributed by atoms with van der Waals surface area (Å²) < 4.78 is 51.2. The molecule has 8 heteroatoms. The molecule has 1 N–H and O–H groups in total. The van der Waals surface area contributed by atoms with Crippen LogP contribution in [0.2, 0.25) is 0 Å². The molecule has 0 aliphatic carbocycles. The maximum Gasteiger partial charge on any atom is 0.240 e. The maximum atomic E-state index is 12.9. The SMILES string of the molecule is O=S(=O)(NC1COCC1N1CCOCC1)c1ccc(F)cc1. The van der Waals surface area contributed by atoms with Crippen LogP contribution in [-0.4, -0.2) is 64.9 Å². The zero-order chi connectivity index (χ0) is 15.6. The molecule has 1 aromatic rings. The van der Waals surface area contributed by atoms with Gasteiger partial charge in [0, 0.05) is 13.1 Å². The fourth-order valence-electron chi connectivity index (χ4n) is 2.81. The Morgan fingerprint density at radius 3 is 2.45 bits per heavy atom. The highest BCUT2D eigenvalue weighted by molar-refractivity contribution is 7.89. The molecular formula is C14H19FN2O4S. The van der Waals surface area contributed by atoms with E-state index in [4.69, 9.17) is 9.47 Å². The van der Waals surface area contributed by atoms with Gasteiger partial charge in [0.25, 0.3) is 0 Å². The van der Waals surface area contributed by atoms with Crippen molar-refractivity contribution >= 4 is 10.0 Å². The summed E-state index contributed by atoms with van der Waals surface area (Å²) >= 11 is 0. The number of hydrogen-bond acceptors (Lipinski definition) is 5. The average Bonchev–Trinajstić information content (AvgIpc) is 2.96. The van der Waals surface area contributed by atoms with Gasteiger partial charge in [0.2, 0.25) is 10.0 Å². The van der Waals surface area contributed by atoms with Crippen LogP contribution >= 0.6 is 0 Å². The highest BCUT2D eigenvalue weighted by Gasteiger charge is 2.36. The predicted octanol–water partition coefficient (Wildman–Crippen LogP) is 0.204.